The molecule has 0 fully saturated rings. The summed E-state index contributed by atoms with van der Waals surface area (Å²) in [6.45, 7) is 1.21. The fourth-order valence-corrected chi connectivity index (χ4v) is 2.15. The zero-order valence-electron chi connectivity index (χ0n) is 8.41. The first-order valence-electron chi connectivity index (χ1n) is 5.26. The van der Waals surface area contributed by atoms with Crippen molar-refractivity contribution in [3.05, 3.63) is 23.3 Å². The number of Topliss-reactive ketones (excluding diaryl/α,β-unsaturated/α-hetero) is 1. The number of hydrogen-bond acceptors (Lipinski definition) is 3. The molecule has 3 rings (SSSR count). The van der Waals surface area contributed by atoms with Gasteiger partial charge in [-0.25, -0.2) is 0 Å². The standard InChI is InChI=1S/C12H12O3/c13-10-2-1-8-6-11-12(7-9(8)5-10)15-4-3-14-11/h6-7H,1-5H2. The van der Waals surface area contributed by atoms with Crippen LogP contribution in [-0.2, 0) is 17.6 Å². The molecule has 0 N–H and O–H groups in total. The zero-order chi connectivity index (χ0) is 10.3. The minimum Gasteiger partial charge on any atom is -0.486 e. The molecule has 1 aromatic rings. The molecule has 1 heterocycles. The van der Waals surface area contributed by atoms with Crippen LogP contribution in [0.2, 0.25) is 0 Å². The molecule has 0 bridgehead atoms. The third-order valence-electron chi connectivity index (χ3n) is 2.93. The Kier molecular flexibility index (Phi) is 1.91. The second kappa shape index (κ2) is 3.26. The van der Waals surface area contributed by atoms with Gasteiger partial charge in [0.15, 0.2) is 11.5 Å². The van der Waals surface area contributed by atoms with Gasteiger partial charge < -0.3 is 9.47 Å². The lowest BCUT2D eigenvalue weighted by Gasteiger charge is -2.22. The largest absolute Gasteiger partial charge is 0.486 e. The molecule has 0 saturated heterocycles. The molecule has 0 unspecified atom stereocenters. The van der Waals surface area contributed by atoms with Crippen molar-refractivity contribution in [1.82, 2.24) is 0 Å². The minimum atomic E-state index is 0.319. The molecule has 78 valence electrons. The van der Waals surface area contributed by atoms with E-state index in [4.69, 9.17) is 9.47 Å². The first-order valence-corrected chi connectivity index (χ1v) is 5.26. The van der Waals surface area contributed by atoms with Crippen molar-refractivity contribution in [3.63, 3.8) is 0 Å². The minimum absolute atomic E-state index is 0.319. The second-order valence-corrected chi connectivity index (χ2v) is 3.98. The number of carbonyl (C=O) groups excluding carboxylic acids is 1. The lowest BCUT2D eigenvalue weighted by Crippen LogP contribution is -2.18. The summed E-state index contributed by atoms with van der Waals surface area (Å²) in [6.07, 6.45) is 2.05. The Bertz CT molecular complexity index is 423. The summed E-state index contributed by atoms with van der Waals surface area (Å²) in [4.78, 5) is 11.3. The third-order valence-corrected chi connectivity index (χ3v) is 2.93. The molecular weight excluding hydrogens is 192 g/mol. The van der Waals surface area contributed by atoms with E-state index in [9.17, 15) is 4.79 Å². The van der Waals surface area contributed by atoms with Gasteiger partial charge in [-0.15, -0.1) is 0 Å². The monoisotopic (exact) mass is 204 g/mol. The number of hydrogen-bond donors (Lipinski definition) is 0. The Labute approximate surface area is 88.0 Å². The second-order valence-electron chi connectivity index (χ2n) is 3.98. The Balaban J connectivity index is 2.06. The third kappa shape index (κ3) is 1.48. The van der Waals surface area contributed by atoms with Crippen LogP contribution in [0.1, 0.15) is 17.5 Å². The van der Waals surface area contributed by atoms with Crippen molar-refractivity contribution in [2.24, 2.45) is 0 Å². The molecule has 15 heavy (non-hydrogen) atoms. The highest BCUT2D eigenvalue weighted by molar-refractivity contribution is 5.83. The van der Waals surface area contributed by atoms with Crippen LogP contribution >= 0.6 is 0 Å². The number of benzene rings is 1. The number of rotatable bonds is 0. The van der Waals surface area contributed by atoms with Gasteiger partial charge in [0.1, 0.15) is 19.0 Å². The van der Waals surface area contributed by atoms with Crippen LogP contribution in [0.4, 0.5) is 0 Å². The number of fused-ring (bicyclic) bond motifs is 2. The van der Waals surface area contributed by atoms with Gasteiger partial charge in [0.2, 0.25) is 0 Å². The van der Waals surface area contributed by atoms with Gasteiger partial charge in [0, 0.05) is 12.8 Å². The van der Waals surface area contributed by atoms with E-state index in [-0.39, 0.29) is 0 Å². The summed E-state index contributed by atoms with van der Waals surface area (Å²) in [5, 5.41) is 0. The van der Waals surface area contributed by atoms with Crippen LogP contribution in [0.3, 0.4) is 0 Å². The van der Waals surface area contributed by atoms with Gasteiger partial charge in [0.25, 0.3) is 0 Å². The summed E-state index contributed by atoms with van der Waals surface area (Å²) in [5.41, 5.74) is 2.34. The van der Waals surface area contributed by atoms with Crippen LogP contribution in [-0.4, -0.2) is 19.0 Å². The molecule has 1 aliphatic heterocycles. The van der Waals surface area contributed by atoms with Crippen LogP contribution in [0.15, 0.2) is 12.1 Å². The molecule has 0 aromatic heterocycles. The van der Waals surface area contributed by atoms with Gasteiger partial charge >= 0.3 is 0 Å². The van der Waals surface area contributed by atoms with E-state index in [0.717, 1.165) is 23.5 Å². The van der Waals surface area contributed by atoms with Gasteiger partial charge in [0.05, 0.1) is 0 Å². The van der Waals surface area contributed by atoms with Gasteiger partial charge in [-0.05, 0) is 29.7 Å². The Hall–Kier alpha value is -1.51. The van der Waals surface area contributed by atoms with Crippen molar-refractivity contribution >= 4 is 5.78 Å². The highest BCUT2D eigenvalue weighted by atomic mass is 16.6. The van der Waals surface area contributed by atoms with Crippen molar-refractivity contribution in [1.29, 1.82) is 0 Å². The number of aryl methyl sites for hydroxylation is 1. The zero-order valence-corrected chi connectivity index (χ0v) is 8.41. The van der Waals surface area contributed by atoms with E-state index < -0.39 is 0 Å². The van der Waals surface area contributed by atoms with E-state index in [2.05, 4.69) is 0 Å². The molecule has 0 saturated carbocycles. The Morgan fingerprint density at radius 1 is 0.933 bits per heavy atom. The average molecular weight is 204 g/mol. The van der Waals surface area contributed by atoms with Crippen LogP contribution < -0.4 is 9.47 Å². The quantitative estimate of drug-likeness (QED) is 0.642. The van der Waals surface area contributed by atoms with Gasteiger partial charge in [-0.1, -0.05) is 0 Å². The van der Waals surface area contributed by atoms with Crippen molar-refractivity contribution in [2.75, 3.05) is 13.2 Å². The van der Waals surface area contributed by atoms with Gasteiger partial charge in [-0.2, -0.15) is 0 Å². The predicted molar refractivity (Wildman–Crippen MR) is 54.5 cm³/mol. The lowest BCUT2D eigenvalue weighted by molar-refractivity contribution is -0.118. The van der Waals surface area contributed by atoms with E-state index in [0.29, 0.717) is 31.8 Å². The SMILES string of the molecule is O=C1CCc2cc3c(cc2C1)OCCO3. The molecule has 3 nitrogen and oxygen atoms in total. The maximum Gasteiger partial charge on any atom is 0.161 e. The average Bonchev–Trinajstić information content (AvgIpc) is 2.26. The highest BCUT2D eigenvalue weighted by Gasteiger charge is 2.20. The van der Waals surface area contributed by atoms with E-state index in [1.165, 1.54) is 5.56 Å². The molecule has 0 spiro atoms. The maximum absolute atomic E-state index is 11.3. The summed E-state index contributed by atoms with van der Waals surface area (Å²) >= 11 is 0. The number of ketones is 1. The predicted octanol–water partition coefficient (Wildman–Crippen LogP) is 1.52. The summed E-state index contributed by atoms with van der Waals surface area (Å²) in [7, 11) is 0. The topological polar surface area (TPSA) is 35.5 Å². The lowest BCUT2D eigenvalue weighted by atomic mass is 9.90. The molecule has 0 radical (unpaired) electrons. The molecule has 1 aromatic carbocycles. The van der Waals surface area contributed by atoms with E-state index >= 15 is 0 Å². The maximum atomic E-state index is 11.3. The molecule has 0 amide bonds. The Morgan fingerprint density at radius 3 is 2.33 bits per heavy atom. The molecule has 0 atom stereocenters. The highest BCUT2D eigenvalue weighted by Crippen LogP contribution is 2.35. The summed E-state index contributed by atoms with van der Waals surface area (Å²) in [6, 6.07) is 3.98. The van der Waals surface area contributed by atoms with E-state index in [1.54, 1.807) is 0 Å². The van der Waals surface area contributed by atoms with Crippen molar-refractivity contribution in [2.45, 2.75) is 19.3 Å². The molecule has 1 aliphatic carbocycles. The Morgan fingerprint density at radius 2 is 1.60 bits per heavy atom. The van der Waals surface area contributed by atoms with Crippen LogP contribution in [0.5, 0.6) is 11.5 Å². The van der Waals surface area contributed by atoms with Crippen molar-refractivity contribution < 1.29 is 14.3 Å². The molecular formula is C12H12O3. The van der Waals surface area contributed by atoms with Crippen LogP contribution in [0.25, 0.3) is 0 Å². The van der Waals surface area contributed by atoms with Crippen LogP contribution in [0, 0.1) is 0 Å². The molecule has 2 aliphatic rings. The first kappa shape index (κ1) is 8.77. The molecule has 3 heteroatoms. The normalized spacial score (nSPS) is 18.5. The van der Waals surface area contributed by atoms with Crippen molar-refractivity contribution in [3.8, 4) is 11.5 Å². The summed E-state index contributed by atoms with van der Waals surface area (Å²) < 4.78 is 11.0. The fraction of sp³-hybridized carbons (Fsp3) is 0.417. The van der Waals surface area contributed by atoms with E-state index in [1.807, 2.05) is 12.1 Å². The number of ether oxygens (including phenoxy) is 2. The van der Waals surface area contributed by atoms with Gasteiger partial charge in [-0.3, -0.25) is 4.79 Å². The first-order chi connectivity index (χ1) is 7.33. The smallest absolute Gasteiger partial charge is 0.161 e. The fourth-order valence-electron chi connectivity index (χ4n) is 2.15. The number of carbonyl (C=O) groups is 1. The summed E-state index contributed by atoms with van der Waals surface area (Å²) in [5.74, 6) is 1.93.